The first kappa shape index (κ1) is 24.0. The molecule has 5 heteroatoms. The molecule has 2 amide bonds. The smallest absolute Gasteiger partial charge is 0.242 e. The first-order chi connectivity index (χ1) is 14.4. The molecule has 1 N–H and O–H groups in total. The van der Waals surface area contributed by atoms with Gasteiger partial charge in [0.05, 0.1) is 5.75 Å². The molecule has 0 heterocycles. The summed E-state index contributed by atoms with van der Waals surface area (Å²) < 4.78 is 0. The van der Waals surface area contributed by atoms with E-state index < -0.39 is 6.04 Å². The zero-order valence-corrected chi connectivity index (χ0v) is 19.4. The number of carbonyl (C=O) groups is 2. The van der Waals surface area contributed by atoms with Crippen LogP contribution in [0, 0.1) is 6.92 Å². The second-order valence-electron chi connectivity index (χ2n) is 7.89. The average molecular weight is 427 g/mol. The molecule has 2 rings (SSSR count). The van der Waals surface area contributed by atoms with Gasteiger partial charge in [0.25, 0.3) is 0 Å². The standard InChI is InChI=1S/C25H34N2O2S/c1-5-23(25(29)26-19(2)3)27(16-15-21-9-7-6-8-10-21)24(28)18-30-17-22-13-11-20(4)12-14-22/h6-14,19,23H,5,15-18H2,1-4H3,(H,26,29). The SMILES string of the molecule is CCC(C(=O)NC(C)C)N(CCc1ccccc1)C(=O)CSCc1ccc(C)cc1. The van der Waals surface area contributed by atoms with E-state index in [1.807, 2.05) is 39.0 Å². The summed E-state index contributed by atoms with van der Waals surface area (Å²) in [6, 6.07) is 18.1. The van der Waals surface area contributed by atoms with Gasteiger partial charge in [-0.15, -0.1) is 11.8 Å². The molecule has 162 valence electrons. The summed E-state index contributed by atoms with van der Waals surface area (Å²) in [6.45, 7) is 8.46. The lowest BCUT2D eigenvalue weighted by atomic mass is 10.1. The summed E-state index contributed by atoms with van der Waals surface area (Å²) in [5.41, 5.74) is 3.61. The molecule has 2 aromatic carbocycles. The first-order valence-corrected chi connectivity index (χ1v) is 11.8. The maximum Gasteiger partial charge on any atom is 0.242 e. The van der Waals surface area contributed by atoms with Crippen molar-refractivity contribution in [2.24, 2.45) is 0 Å². The average Bonchev–Trinajstić information content (AvgIpc) is 2.72. The van der Waals surface area contributed by atoms with Gasteiger partial charge in [0.15, 0.2) is 0 Å². The van der Waals surface area contributed by atoms with Crippen LogP contribution in [0.15, 0.2) is 54.6 Å². The number of thioether (sulfide) groups is 1. The van der Waals surface area contributed by atoms with Crippen molar-refractivity contribution in [1.29, 1.82) is 0 Å². The summed E-state index contributed by atoms with van der Waals surface area (Å²) in [6.07, 6.45) is 1.34. The van der Waals surface area contributed by atoms with Crippen molar-refractivity contribution in [3.05, 3.63) is 71.3 Å². The van der Waals surface area contributed by atoms with Crippen molar-refractivity contribution in [1.82, 2.24) is 10.2 Å². The van der Waals surface area contributed by atoms with Crippen molar-refractivity contribution >= 4 is 23.6 Å². The molecule has 30 heavy (non-hydrogen) atoms. The Labute approximate surface area is 185 Å². The molecule has 1 atom stereocenters. The van der Waals surface area contributed by atoms with Gasteiger partial charge in [0, 0.05) is 18.3 Å². The molecule has 0 aliphatic rings. The molecule has 0 aliphatic carbocycles. The highest BCUT2D eigenvalue weighted by Gasteiger charge is 2.28. The predicted molar refractivity (Wildman–Crippen MR) is 127 cm³/mol. The Morgan fingerprint density at radius 1 is 1.00 bits per heavy atom. The lowest BCUT2D eigenvalue weighted by Crippen LogP contribution is -2.51. The van der Waals surface area contributed by atoms with Gasteiger partial charge in [-0.3, -0.25) is 9.59 Å². The highest BCUT2D eigenvalue weighted by Crippen LogP contribution is 2.16. The van der Waals surface area contributed by atoms with Crippen LogP contribution in [0.25, 0.3) is 0 Å². The maximum atomic E-state index is 13.1. The van der Waals surface area contributed by atoms with Crippen LogP contribution < -0.4 is 5.32 Å². The van der Waals surface area contributed by atoms with Gasteiger partial charge in [-0.25, -0.2) is 0 Å². The fourth-order valence-corrected chi connectivity index (χ4v) is 4.17. The quantitative estimate of drug-likeness (QED) is 0.571. The van der Waals surface area contributed by atoms with Crippen LogP contribution in [-0.4, -0.2) is 41.1 Å². The first-order valence-electron chi connectivity index (χ1n) is 10.7. The molecule has 0 bridgehead atoms. The molecule has 0 saturated heterocycles. The predicted octanol–water partition coefficient (Wildman–Crippen LogP) is 4.60. The topological polar surface area (TPSA) is 49.4 Å². The van der Waals surface area contributed by atoms with Crippen molar-refractivity contribution in [2.75, 3.05) is 12.3 Å². The number of nitrogens with zero attached hydrogens (tertiary/aromatic N) is 1. The zero-order chi connectivity index (χ0) is 21.9. The van der Waals surface area contributed by atoms with Crippen LogP contribution >= 0.6 is 11.8 Å². The van der Waals surface area contributed by atoms with Crippen LogP contribution in [0.3, 0.4) is 0 Å². The number of aryl methyl sites for hydroxylation is 1. The highest BCUT2D eigenvalue weighted by atomic mass is 32.2. The van der Waals surface area contributed by atoms with E-state index in [0.717, 1.165) is 12.2 Å². The van der Waals surface area contributed by atoms with Gasteiger partial charge in [-0.2, -0.15) is 0 Å². The Hall–Kier alpha value is -2.27. The summed E-state index contributed by atoms with van der Waals surface area (Å²) in [4.78, 5) is 27.7. The number of hydrogen-bond acceptors (Lipinski definition) is 3. The second-order valence-corrected chi connectivity index (χ2v) is 8.87. The molecule has 0 saturated carbocycles. The molecule has 0 spiro atoms. The van der Waals surface area contributed by atoms with Crippen LogP contribution in [0.2, 0.25) is 0 Å². The van der Waals surface area contributed by atoms with E-state index in [4.69, 9.17) is 0 Å². The molecule has 0 fully saturated rings. The number of rotatable bonds is 11. The normalized spacial score (nSPS) is 11.9. The zero-order valence-electron chi connectivity index (χ0n) is 18.6. The Balaban J connectivity index is 2.04. The largest absolute Gasteiger partial charge is 0.352 e. The van der Waals surface area contributed by atoms with E-state index in [2.05, 4.69) is 48.6 Å². The van der Waals surface area contributed by atoms with Crippen LogP contribution in [0.1, 0.15) is 43.9 Å². The highest BCUT2D eigenvalue weighted by molar-refractivity contribution is 7.99. The Morgan fingerprint density at radius 3 is 2.27 bits per heavy atom. The van der Waals surface area contributed by atoms with Crippen molar-refractivity contribution in [2.45, 2.75) is 58.4 Å². The maximum absolute atomic E-state index is 13.1. The van der Waals surface area contributed by atoms with E-state index in [1.165, 1.54) is 16.7 Å². The molecular weight excluding hydrogens is 392 g/mol. The fourth-order valence-electron chi connectivity index (χ4n) is 3.30. The Kier molecular flexibility index (Phi) is 9.95. The van der Waals surface area contributed by atoms with Gasteiger partial charge in [0.2, 0.25) is 11.8 Å². The minimum absolute atomic E-state index is 0.0220. The molecule has 0 aliphatic heterocycles. The van der Waals surface area contributed by atoms with Crippen LogP contribution in [0.5, 0.6) is 0 Å². The number of nitrogens with one attached hydrogen (secondary N) is 1. The van der Waals surface area contributed by atoms with E-state index >= 15 is 0 Å². The van der Waals surface area contributed by atoms with Crippen molar-refractivity contribution in [3.8, 4) is 0 Å². The third-order valence-corrected chi connectivity index (χ3v) is 5.90. The molecular formula is C25H34N2O2S. The third kappa shape index (κ3) is 7.86. The van der Waals surface area contributed by atoms with Gasteiger partial charge in [-0.05, 0) is 44.7 Å². The fraction of sp³-hybridized carbons (Fsp3) is 0.440. The van der Waals surface area contributed by atoms with Gasteiger partial charge >= 0.3 is 0 Å². The lowest BCUT2D eigenvalue weighted by molar-refractivity contribution is -0.139. The van der Waals surface area contributed by atoms with Gasteiger partial charge < -0.3 is 10.2 Å². The van der Waals surface area contributed by atoms with Gasteiger partial charge in [-0.1, -0.05) is 67.1 Å². The summed E-state index contributed by atoms with van der Waals surface area (Å²) in [5, 5.41) is 2.97. The van der Waals surface area contributed by atoms with E-state index in [9.17, 15) is 9.59 Å². The number of hydrogen-bond donors (Lipinski definition) is 1. The molecule has 2 aromatic rings. The summed E-state index contributed by atoms with van der Waals surface area (Å²) in [7, 11) is 0. The van der Waals surface area contributed by atoms with Crippen molar-refractivity contribution in [3.63, 3.8) is 0 Å². The van der Waals surface area contributed by atoms with Gasteiger partial charge in [0.1, 0.15) is 6.04 Å². The lowest BCUT2D eigenvalue weighted by Gasteiger charge is -2.31. The molecule has 1 unspecified atom stereocenters. The Morgan fingerprint density at radius 2 is 1.67 bits per heavy atom. The van der Waals surface area contributed by atoms with E-state index in [1.54, 1.807) is 16.7 Å². The van der Waals surface area contributed by atoms with Crippen molar-refractivity contribution < 1.29 is 9.59 Å². The molecule has 0 aromatic heterocycles. The third-order valence-electron chi connectivity index (χ3n) is 4.92. The minimum Gasteiger partial charge on any atom is -0.352 e. The number of benzene rings is 2. The van der Waals surface area contributed by atoms with E-state index in [-0.39, 0.29) is 17.9 Å². The van der Waals surface area contributed by atoms with Crippen LogP contribution in [0.4, 0.5) is 0 Å². The number of carbonyl (C=O) groups excluding carboxylic acids is 2. The van der Waals surface area contributed by atoms with Crippen LogP contribution in [-0.2, 0) is 21.8 Å². The molecule has 4 nitrogen and oxygen atoms in total. The monoisotopic (exact) mass is 426 g/mol. The Bertz CT molecular complexity index is 791. The molecule has 0 radical (unpaired) electrons. The number of amides is 2. The minimum atomic E-state index is -0.441. The summed E-state index contributed by atoms with van der Waals surface area (Å²) >= 11 is 1.60. The summed E-state index contributed by atoms with van der Waals surface area (Å²) in [5.74, 6) is 1.10. The second kappa shape index (κ2) is 12.4. The van der Waals surface area contributed by atoms with E-state index in [0.29, 0.717) is 18.7 Å².